The van der Waals surface area contributed by atoms with Crippen LogP contribution >= 0.6 is 0 Å². The average molecular weight is 380 g/mol. The number of Topliss-reactive ketones (excluding diaryl/α,β-unsaturated/α-hetero) is 1. The van der Waals surface area contributed by atoms with E-state index < -0.39 is 16.2 Å². The van der Waals surface area contributed by atoms with E-state index in [-0.39, 0.29) is 17.1 Å². The van der Waals surface area contributed by atoms with E-state index in [0.29, 0.717) is 5.56 Å². The van der Waals surface area contributed by atoms with E-state index in [0.717, 1.165) is 11.1 Å². The molecule has 3 aromatic rings. The maximum Gasteiger partial charge on any atom is 0.298 e. The quantitative estimate of drug-likeness (QED) is 0.575. The van der Waals surface area contributed by atoms with Crippen LogP contribution in [0.5, 0.6) is 0 Å². The first kappa shape index (κ1) is 19.0. The van der Waals surface area contributed by atoms with Gasteiger partial charge in [-0.25, -0.2) is 0 Å². The fraction of sp³-hybridized carbons (Fsp3) is 0.136. The van der Waals surface area contributed by atoms with E-state index in [1.165, 1.54) is 12.1 Å². The molecular weight excluding hydrogens is 360 g/mol. The summed E-state index contributed by atoms with van der Waals surface area (Å²) in [4.78, 5) is 12.9. The third-order valence-electron chi connectivity index (χ3n) is 4.12. The van der Waals surface area contributed by atoms with Crippen molar-refractivity contribution in [1.82, 2.24) is 0 Å². The highest BCUT2D eigenvalue weighted by Gasteiger charge is 2.29. The molecule has 0 radical (unpaired) electrons. The second kappa shape index (κ2) is 8.29. The van der Waals surface area contributed by atoms with Crippen molar-refractivity contribution in [2.24, 2.45) is 0 Å². The summed E-state index contributed by atoms with van der Waals surface area (Å²) in [6, 6.07) is 24.3. The lowest BCUT2D eigenvalue weighted by molar-refractivity contribution is -0.125. The van der Waals surface area contributed by atoms with Gasteiger partial charge in [-0.15, -0.1) is 0 Å². The van der Waals surface area contributed by atoms with Gasteiger partial charge < -0.3 is 0 Å². The Balaban J connectivity index is 1.92. The van der Waals surface area contributed by atoms with Gasteiger partial charge in [-0.05, 0) is 35.7 Å². The Morgan fingerprint density at radius 1 is 0.889 bits per heavy atom. The molecule has 1 unspecified atom stereocenters. The molecule has 0 aliphatic carbocycles. The summed E-state index contributed by atoms with van der Waals surface area (Å²) >= 11 is 0. The summed E-state index contributed by atoms with van der Waals surface area (Å²) in [7, 11) is -4.09. The summed E-state index contributed by atoms with van der Waals surface area (Å²) in [6.45, 7) is 1.80. The minimum atomic E-state index is -4.09. The highest BCUT2D eigenvalue weighted by atomic mass is 32.2. The van der Waals surface area contributed by atoms with Crippen LogP contribution in [0.4, 0.5) is 0 Å². The highest BCUT2D eigenvalue weighted by molar-refractivity contribution is 7.86. The summed E-state index contributed by atoms with van der Waals surface area (Å²) in [5, 5.41) is 0. The Hall–Kier alpha value is -2.76. The predicted molar refractivity (Wildman–Crippen MR) is 104 cm³/mol. The molecule has 138 valence electrons. The van der Waals surface area contributed by atoms with Crippen molar-refractivity contribution in [3.05, 3.63) is 102 Å². The van der Waals surface area contributed by atoms with Gasteiger partial charge in [-0.3, -0.25) is 8.98 Å². The average Bonchev–Trinajstić information content (AvgIpc) is 2.67. The Morgan fingerprint density at radius 2 is 1.52 bits per heavy atom. The van der Waals surface area contributed by atoms with Crippen LogP contribution < -0.4 is 0 Å². The van der Waals surface area contributed by atoms with Crippen LogP contribution in [-0.2, 0) is 25.5 Å². The van der Waals surface area contributed by atoms with Crippen molar-refractivity contribution >= 4 is 15.9 Å². The smallest absolute Gasteiger partial charge is 0.296 e. The minimum absolute atomic E-state index is 0.0379. The van der Waals surface area contributed by atoms with Crippen molar-refractivity contribution in [1.29, 1.82) is 0 Å². The first-order valence-corrected chi connectivity index (χ1v) is 9.98. The van der Waals surface area contributed by atoms with Gasteiger partial charge in [0.05, 0.1) is 4.90 Å². The Labute approximate surface area is 159 Å². The van der Waals surface area contributed by atoms with Crippen molar-refractivity contribution in [3.8, 4) is 0 Å². The lowest BCUT2D eigenvalue weighted by Crippen LogP contribution is -2.22. The van der Waals surface area contributed by atoms with Gasteiger partial charge in [-0.1, -0.05) is 72.8 Å². The van der Waals surface area contributed by atoms with Crippen molar-refractivity contribution in [2.75, 3.05) is 0 Å². The maximum atomic E-state index is 12.9. The van der Waals surface area contributed by atoms with Crippen LogP contribution in [0.2, 0.25) is 0 Å². The van der Waals surface area contributed by atoms with Gasteiger partial charge in [0.15, 0.2) is 11.9 Å². The fourth-order valence-electron chi connectivity index (χ4n) is 2.77. The molecule has 0 aromatic heterocycles. The summed E-state index contributed by atoms with van der Waals surface area (Å²) in [5.41, 5.74) is 2.11. The molecule has 3 rings (SSSR count). The van der Waals surface area contributed by atoms with E-state index >= 15 is 0 Å². The number of benzene rings is 3. The zero-order valence-corrected chi connectivity index (χ0v) is 15.7. The third-order valence-corrected chi connectivity index (χ3v) is 5.39. The number of ketones is 1. The van der Waals surface area contributed by atoms with E-state index in [2.05, 4.69) is 0 Å². The first-order valence-electron chi connectivity index (χ1n) is 8.57. The van der Waals surface area contributed by atoms with Crippen LogP contribution in [0.15, 0.2) is 89.8 Å². The molecule has 5 heteroatoms. The van der Waals surface area contributed by atoms with E-state index in [1.807, 2.05) is 30.3 Å². The fourth-order valence-corrected chi connectivity index (χ4v) is 3.92. The Bertz CT molecular complexity index is 1010. The standard InChI is InChI=1S/C22H20O4S/c1-17-9-8-14-20(15-17)27(24,25)26-22(19-12-6-3-7-13-19)21(23)16-18-10-4-2-5-11-18/h2-15,22H,16H2,1H3. The zero-order chi connectivity index (χ0) is 19.3. The molecule has 4 nitrogen and oxygen atoms in total. The topological polar surface area (TPSA) is 60.4 Å². The number of carbonyl (C=O) groups excluding carboxylic acids is 1. The lowest BCUT2D eigenvalue weighted by atomic mass is 10.0. The van der Waals surface area contributed by atoms with Crippen LogP contribution in [0, 0.1) is 6.92 Å². The van der Waals surface area contributed by atoms with Gasteiger partial charge in [0.2, 0.25) is 0 Å². The number of carbonyl (C=O) groups is 1. The van der Waals surface area contributed by atoms with Gasteiger partial charge in [-0.2, -0.15) is 8.42 Å². The molecule has 0 bridgehead atoms. The molecule has 0 spiro atoms. The Kier molecular flexibility index (Phi) is 5.84. The first-order chi connectivity index (χ1) is 13.0. The SMILES string of the molecule is Cc1cccc(S(=O)(=O)OC(C(=O)Cc2ccccc2)c2ccccc2)c1. The molecule has 0 saturated heterocycles. The largest absolute Gasteiger partial charge is 0.298 e. The molecule has 3 aromatic carbocycles. The molecule has 0 heterocycles. The predicted octanol–water partition coefficient (Wildman–Crippen LogP) is 4.25. The Morgan fingerprint density at radius 3 is 2.15 bits per heavy atom. The lowest BCUT2D eigenvalue weighted by Gasteiger charge is -2.17. The van der Waals surface area contributed by atoms with E-state index in [9.17, 15) is 13.2 Å². The molecule has 1 atom stereocenters. The van der Waals surface area contributed by atoms with Crippen molar-refractivity contribution in [2.45, 2.75) is 24.3 Å². The van der Waals surface area contributed by atoms with Crippen LogP contribution in [0.3, 0.4) is 0 Å². The van der Waals surface area contributed by atoms with Gasteiger partial charge in [0, 0.05) is 6.42 Å². The molecule has 0 aliphatic heterocycles. The number of hydrogen-bond acceptors (Lipinski definition) is 4. The minimum Gasteiger partial charge on any atom is -0.296 e. The van der Waals surface area contributed by atoms with E-state index in [4.69, 9.17) is 4.18 Å². The van der Waals surface area contributed by atoms with Gasteiger partial charge in [0.1, 0.15) is 0 Å². The molecule has 0 saturated carbocycles. The molecule has 0 N–H and O–H groups in total. The normalized spacial score (nSPS) is 12.5. The van der Waals surface area contributed by atoms with Gasteiger partial charge in [0.25, 0.3) is 10.1 Å². The summed E-state index contributed by atoms with van der Waals surface area (Å²) < 4.78 is 30.9. The second-order valence-electron chi connectivity index (χ2n) is 6.29. The zero-order valence-electron chi connectivity index (χ0n) is 14.9. The molecule has 0 fully saturated rings. The number of aryl methyl sites for hydroxylation is 1. The summed E-state index contributed by atoms with van der Waals surface area (Å²) in [5.74, 6) is -0.316. The molecular formula is C22H20O4S. The maximum absolute atomic E-state index is 12.9. The monoisotopic (exact) mass is 380 g/mol. The van der Waals surface area contributed by atoms with Crippen molar-refractivity contribution < 1.29 is 17.4 Å². The summed E-state index contributed by atoms with van der Waals surface area (Å²) in [6.07, 6.45) is -1.11. The second-order valence-corrected chi connectivity index (χ2v) is 7.86. The highest BCUT2D eigenvalue weighted by Crippen LogP contribution is 2.26. The molecule has 0 aliphatic rings. The number of rotatable bonds is 7. The van der Waals surface area contributed by atoms with Crippen LogP contribution in [0.25, 0.3) is 0 Å². The van der Waals surface area contributed by atoms with Gasteiger partial charge >= 0.3 is 0 Å². The van der Waals surface area contributed by atoms with Crippen LogP contribution in [0.1, 0.15) is 22.8 Å². The molecule has 27 heavy (non-hydrogen) atoms. The number of hydrogen-bond donors (Lipinski definition) is 0. The molecule has 0 amide bonds. The van der Waals surface area contributed by atoms with Crippen LogP contribution in [-0.4, -0.2) is 14.2 Å². The van der Waals surface area contributed by atoms with E-state index in [1.54, 1.807) is 49.4 Å². The van der Waals surface area contributed by atoms with Crippen molar-refractivity contribution in [3.63, 3.8) is 0 Å². The third kappa shape index (κ3) is 4.90.